The lowest BCUT2D eigenvalue weighted by atomic mass is 9.93. The Morgan fingerprint density at radius 1 is 1.00 bits per heavy atom. The van der Waals surface area contributed by atoms with Gasteiger partial charge in [0.2, 0.25) is 11.8 Å². The average Bonchev–Trinajstić information content (AvgIpc) is 3.40. The molecule has 1 aromatic heterocycles. The molecule has 0 radical (unpaired) electrons. The van der Waals surface area contributed by atoms with Crippen LogP contribution in [0.15, 0.2) is 35.7 Å². The van der Waals surface area contributed by atoms with Crippen molar-refractivity contribution in [1.29, 1.82) is 0 Å². The number of nitrogens with zero attached hydrogens (tertiary/aromatic N) is 2. The number of amides is 2. The SMILES string of the molecule is CCCCCCCCCC(=O)N(CCCOC)CC(=O)N1CCc2sccc2C1c1ccc(OC)cc1. The lowest BCUT2D eigenvalue weighted by molar-refractivity contribution is -0.142. The smallest absolute Gasteiger partial charge is 0.242 e. The summed E-state index contributed by atoms with van der Waals surface area (Å²) in [7, 11) is 3.32. The van der Waals surface area contributed by atoms with Crippen LogP contribution < -0.4 is 4.74 Å². The van der Waals surface area contributed by atoms with Gasteiger partial charge in [-0.25, -0.2) is 0 Å². The molecule has 204 valence electrons. The highest BCUT2D eigenvalue weighted by Gasteiger charge is 2.34. The summed E-state index contributed by atoms with van der Waals surface area (Å²) in [5.74, 6) is 0.874. The Hall–Kier alpha value is -2.38. The van der Waals surface area contributed by atoms with Crippen LogP contribution in [0, 0.1) is 0 Å². The summed E-state index contributed by atoms with van der Waals surface area (Å²) in [5, 5.41) is 2.11. The van der Waals surface area contributed by atoms with E-state index in [1.807, 2.05) is 29.2 Å². The Kier molecular flexibility index (Phi) is 12.4. The van der Waals surface area contributed by atoms with Crippen molar-refractivity contribution in [2.24, 2.45) is 0 Å². The molecule has 1 aromatic carbocycles. The van der Waals surface area contributed by atoms with Crippen molar-refractivity contribution in [3.8, 4) is 5.75 Å². The number of carbonyl (C=O) groups excluding carboxylic acids is 2. The topological polar surface area (TPSA) is 59.1 Å². The maximum absolute atomic E-state index is 13.7. The number of hydrogen-bond donors (Lipinski definition) is 0. The normalized spacial score (nSPS) is 14.9. The van der Waals surface area contributed by atoms with E-state index in [9.17, 15) is 9.59 Å². The summed E-state index contributed by atoms with van der Waals surface area (Å²) < 4.78 is 10.6. The van der Waals surface area contributed by atoms with Crippen LogP contribution in [0.5, 0.6) is 5.75 Å². The van der Waals surface area contributed by atoms with Gasteiger partial charge in [-0.1, -0.05) is 57.6 Å². The van der Waals surface area contributed by atoms with Gasteiger partial charge in [-0.15, -0.1) is 11.3 Å². The molecule has 2 amide bonds. The first-order valence-electron chi connectivity index (χ1n) is 13.8. The van der Waals surface area contributed by atoms with Crippen molar-refractivity contribution < 1.29 is 19.1 Å². The molecule has 1 atom stereocenters. The quantitative estimate of drug-likeness (QED) is 0.242. The van der Waals surface area contributed by atoms with E-state index < -0.39 is 0 Å². The van der Waals surface area contributed by atoms with Crippen LogP contribution in [0.4, 0.5) is 0 Å². The third-order valence-electron chi connectivity index (χ3n) is 7.17. The van der Waals surface area contributed by atoms with Crippen molar-refractivity contribution in [2.45, 2.75) is 77.2 Å². The Balaban J connectivity index is 1.67. The fourth-order valence-corrected chi connectivity index (χ4v) is 5.97. The standard InChI is InChI=1S/C30H44N2O4S/c1-4-5-6-7-8-9-10-12-28(33)31(19-11-21-35-2)23-29(34)32-20-17-27-26(18-22-37-27)30(32)24-13-15-25(36-3)16-14-24/h13-16,18,22,30H,4-12,17,19-21,23H2,1-3H3. The molecule has 0 aliphatic carbocycles. The van der Waals surface area contributed by atoms with Gasteiger partial charge in [-0.2, -0.15) is 0 Å². The number of hydrogen-bond acceptors (Lipinski definition) is 5. The number of ether oxygens (including phenoxy) is 2. The molecule has 0 fully saturated rings. The Labute approximate surface area is 226 Å². The molecule has 0 bridgehead atoms. The van der Waals surface area contributed by atoms with E-state index in [1.165, 1.54) is 42.5 Å². The van der Waals surface area contributed by atoms with Gasteiger partial charge in [0.05, 0.1) is 19.7 Å². The van der Waals surface area contributed by atoms with Crippen LogP contribution in [-0.2, 0) is 20.7 Å². The molecule has 0 saturated carbocycles. The van der Waals surface area contributed by atoms with Gasteiger partial charge in [-0.3, -0.25) is 9.59 Å². The molecule has 0 spiro atoms. The third kappa shape index (κ3) is 8.57. The van der Waals surface area contributed by atoms with Gasteiger partial charge in [0.15, 0.2) is 0 Å². The van der Waals surface area contributed by atoms with Crippen LogP contribution in [-0.4, -0.2) is 62.1 Å². The molecule has 2 aromatic rings. The van der Waals surface area contributed by atoms with Crippen LogP contribution in [0.2, 0.25) is 0 Å². The van der Waals surface area contributed by atoms with Gasteiger partial charge < -0.3 is 19.3 Å². The summed E-state index contributed by atoms with van der Waals surface area (Å²) in [6, 6.07) is 9.96. The van der Waals surface area contributed by atoms with E-state index in [4.69, 9.17) is 9.47 Å². The molecule has 3 rings (SSSR count). The molecule has 1 aliphatic rings. The van der Waals surface area contributed by atoms with Crippen LogP contribution in [0.1, 0.15) is 86.8 Å². The summed E-state index contributed by atoms with van der Waals surface area (Å²) in [5.41, 5.74) is 2.25. The number of fused-ring (bicyclic) bond motifs is 1. The molecule has 1 aliphatic heterocycles. The number of rotatable bonds is 16. The Morgan fingerprint density at radius 3 is 2.43 bits per heavy atom. The van der Waals surface area contributed by atoms with Crippen molar-refractivity contribution >= 4 is 23.2 Å². The van der Waals surface area contributed by atoms with E-state index >= 15 is 0 Å². The first kappa shape index (κ1) is 29.2. The predicted molar refractivity (Wildman–Crippen MR) is 150 cm³/mol. The third-order valence-corrected chi connectivity index (χ3v) is 8.16. The average molecular weight is 529 g/mol. The molecule has 1 unspecified atom stereocenters. The molecular weight excluding hydrogens is 484 g/mol. The maximum atomic E-state index is 13.7. The molecule has 37 heavy (non-hydrogen) atoms. The highest BCUT2D eigenvalue weighted by atomic mass is 32.1. The number of carbonyl (C=O) groups is 2. The number of benzene rings is 1. The number of thiophene rings is 1. The van der Waals surface area contributed by atoms with E-state index in [0.29, 0.717) is 26.1 Å². The molecule has 0 N–H and O–H groups in total. The second-order valence-corrected chi connectivity index (χ2v) is 10.8. The fraction of sp³-hybridized carbons (Fsp3) is 0.600. The van der Waals surface area contributed by atoms with Crippen LogP contribution >= 0.6 is 11.3 Å². The molecule has 0 saturated heterocycles. The first-order valence-corrected chi connectivity index (χ1v) is 14.7. The summed E-state index contributed by atoms with van der Waals surface area (Å²) in [4.78, 5) is 32.0. The number of unbranched alkanes of at least 4 members (excludes halogenated alkanes) is 6. The van der Waals surface area contributed by atoms with Gasteiger partial charge in [0, 0.05) is 38.1 Å². The summed E-state index contributed by atoms with van der Waals surface area (Å²) >= 11 is 1.75. The van der Waals surface area contributed by atoms with Crippen molar-refractivity contribution in [1.82, 2.24) is 9.80 Å². The van der Waals surface area contributed by atoms with Crippen LogP contribution in [0.25, 0.3) is 0 Å². The van der Waals surface area contributed by atoms with Crippen molar-refractivity contribution in [2.75, 3.05) is 40.5 Å². The minimum Gasteiger partial charge on any atom is -0.497 e. The zero-order chi connectivity index (χ0) is 26.5. The second-order valence-electron chi connectivity index (χ2n) is 9.84. The highest BCUT2D eigenvalue weighted by molar-refractivity contribution is 7.10. The lowest BCUT2D eigenvalue weighted by Crippen LogP contribution is -2.47. The Morgan fingerprint density at radius 2 is 1.73 bits per heavy atom. The van der Waals surface area contributed by atoms with Gasteiger partial charge in [0.25, 0.3) is 0 Å². The zero-order valence-electron chi connectivity index (χ0n) is 22.9. The van der Waals surface area contributed by atoms with Gasteiger partial charge in [-0.05, 0) is 54.0 Å². The predicted octanol–water partition coefficient (Wildman–Crippen LogP) is 6.24. The van der Waals surface area contributed by atoms with Crippen molar-refractivity contribution in [3.63, 3.8) is 0 Å². The molecule has 2 heterocycles. The highest BCUT2D eigenvalue weighted by Crippen LogP contribution is 2.38. The minimum absolute atomic E-state index is 0.00278. The molecule has 6 nitrogen and oxygen atoms in total. The molecular formula is C30H44N2O4S. The van der Waals surface area contributed by atoms with E-state index in [0.717, 1.165) is 37.0 Å². The minimum atomic E-state index is -0.146. The van der Waals surface area contributed by atoms with E-state index in [2.05, 4.69) is 18.4 Å². The second kappa shape index (κ2) is 15.8. The summed E-state index contributed by atoms with van der Waals surface area (Å²) in [6.07, 6.45) is 10.3. The maximum Gasteiger partial charge on any atom is 0.242 e. The Bertz CT molecular complexity index is 959. The lowest BCUT2D eigenvalue weighted by Gasteiger charge is -2.37. The van der Waals surface area contributed by atoms with Crippen LogP contribution in [0.3, 0.4) is 0 Å². The van der Waals surface area contributed by atoms with Crippen molar-refractivity contribution in [3.05, 3.63) is 51.7 Å². The van der Waals surface area contributed by atoms with E-state index in [1.54, 1.807) is 30.5 Å². The zero-order valence-corrected chi connectivity index (χ0v) is 23.7. The fourth-order valence-electron chi connectivity index (χ4n) is 5.07. The van der Waals surface area contributed by atoms with Gasteiger partial charge >= 0.3 is 0 Å². The van der Waals surface area contributed by atoms with Gasteiger partial charge in [0.1, 0.15) is 5.75 Å². The summed E-state index contributed by atoms with van der Waals surface area (Å²) in [6.45, 7) is 4.11. The number of methoxy groups -OCH3 is 2. The first-order chi connectivity index (χ1) is 18.1. The monoisotopic (exact) mass is 528 g/mol. The molecule has 7 heteroatoms. The van der Waals surface area contributed by atoms with E-state index in [-0.39, 0.29) is 24.4 Å². The largest absolute Gasteiger partial charge is 0.497 e.